The molecule has 0 aromatic carbocycles. The second-order valence-electron chi connectivity index (χ2n) is 10.1. The van der Waals surface area contributed by atoms with Crippen LogP contribution in [0.1, 0.15) is 61.8 Å². The molecule has 2 aliphatic carbocycles. The number of hydrogen-bond acceptors (Lipinski definition) is 0. The molecule has 126 valence electrons. The maximum absolute atomic E-state index is 2.65. The third-order valence-electron chi connectivity index (χ3n) is 6.17. The van der Waals surface area contributed by atoms with E-state index in [9.17, 15) is 0 Å². The molecule has 0 aromatic rings. The first-order valence-corrected chi connectivity index (χ1v) is 18.0. The zero-order valence-corrected chi connectivity index (χ0v) is 20.0. The van der Waals surface area contributed by atoms with Crippen molar-refractivity contribution in [2.24, 2.45) is 16.7 Å². The Labute approximate surface area is 148 Å². The van der Waals surface area contributed by atoms with Crippen molar-refractivity contribution in [3.05, 3.63) is 41.6 Å². The average Bonchev–Trinajstić information content (AvgIpc) is 2.90. The molecule has 23 heavy (non-hydrogen) atoms. The van der Waals surface area contributed by atoms with Crippen molar-refractivity contribution in [3.63, 3.8) is 0 Å². The molecule has 0 N–H and O–H groups in total. The molecule has 0 amide bonds. The van der Waals surface area contributed by atoms with E-state index in [0.717, 1.165) is 0 Å². The molecule has 3 aliphatic rings. The average molecular weight is 477 g/mol. The van der Waals surface area contributed by atoms with Crippen LogP contribution in [-0.4, -0.2) is 0 Å². The van der Waals surface area contributed by atoms with Gasteiger partial charge >= 0.3 is 148 Å². The second kappa shape index (κ2) is 5.41. The zero-order valence-electron chi connectivity index (χ0n) is 16.4. The third-order valence-corrected chi connectivity index (χ3v) is 23.9. The Balaban J connectivity index is 1.90. The SMILES string of the molecule is CC1=[C]([Hf]2([C]3=CC(C(C)(C)C)=CC3C)[CH2][CH2]2)CC(C(C)(C)C)=C1. The van der Waals surface area contributed by atoms with Crippen molar-refractivity contribution in [1.29, 1.82) is 0 Å². The fourth-order valence-electron chi connectivity index (χ4n) is 4.39. The fourth-order valence-corrected chi connectivity index (χ4v) is 28.0. The third kappa shape index (κ3) is 3.08. The van der Waals surface area contributed by atoms with Gasteiger partial charge in [0.15, 0.2) is 0 Å². The molecule has 0 nitrogen and oxygen atoms in total. The Kier molecular flexibility index (Phi) is 4.15. The van der Waals surface area contributed by atoms with E-state index in [2.05, 4.69) is 73.6 Å². The van der Waals surface area contributed by atoms with Crippen LogP contribution in [0.3, 0.4) is 0 Å². The van der Waals surface area contributed by atoms with E-state index in [0.29, 0.717) is 16.7 Å². The normalized spacial score (nSPS) is 27.1. The van der Waals surface area contributed by atoms with Crippen molar-refractivity contribution >= 4 is 0 Å². The van der Waals surface area contributed by atoms with Crippen LogP contribution in [0.15, 0.2) is 41.6 Å². The molecule has 0 saturated carbocycles. The molecule has 1 saturated heterocycles. The van der Waals surface area contributed by atoms with Gasteiger partial charge in [-0.05, 0) is 0 Å². The molecule has 0 radical (unpaired) electrons. The Bertz CT molecular complexity index is 649. The quantitative estimate of drug-likeness (QED) is 0.371. The van der Waals surface area contributed by atoms with Crippen molar-refractivity contribution in [3.8, 4) is 0 Å². The van der Waals surface area contributed by atoms with E-state index >= 15 is 0 Å². The first-order chi connectivity index (χ1) is 10.4. The van der Waals surface area contributed by atoms with Gasteiger partial charge < -0.3 is 0 Å². The van der Waals surface area contributed by atoms with Crippen LogP contribution in [-0.2, 0) is 20.0 Å². The van der Waals surface area contributed by atoms with Crippen LogP contribution in [0.4, 0.5) is 0 Å². The molecular weight excluding hydrogens is 443 g/mol. The fraction of sp³-hybridized carbons (Fsp3) is 0.636. The first-order valence-electron chi connectivity index (χ1n) is 9.31. The molecule has 3 rings (SSSR count). The summed E-state index contributed by atoms with van der Waals surface area (Å²) in [5, 5.41) is 0. The van der Waals surface area contributed by atoms with Gasteiger partial charge in [-0.15, -0.1) is 0 Å². The molecule has 1 unspecified atom stereocenters. The van der Waals surface area contributed by atoms with E-state index in [1.54, 1.807) is 25.1 Å². The summed E-state index contributed by atoms with van der Waals surface area (Å²) in [7, 11) is 0. The molecule has 1 fully saturated rings. The monoisotopic (exact) mass is 478 g/mol. The maximum atomic E-state index is 2.65. The Morgan fingerprint density at radius 1 is 0.957 bits per heavy atom. The standard InChI is InChI=1S/2C10H15.C2H4.Hf/c2*1-8-5-6-9(7-8)10(2,3)4;1-2;/h7H,6H2,1-4H3;6-8H,1-4H3;1-2H2;. The summed E-state index contributed by atoms with van der Waals surface area (Å²) >= 11 is -2.34. The summed E-state index contributed by atoms with van der Waals surface area (Å²) in [6.07, 6.45) is 9.05. The molecule has 1 atom stereocenters. The van der Waals surface area contributed by atoms with Crippen molar-refractivity contribution < 1.29 is 20.0 Å². The van der Waals surface area contributed by atoms with E-state index in [1.165, 1.54) is 6.42 Å². The van der Waals surface area contributed by atoms with Gasteiger partial charge in [-0.25, -0.2) is 0 Å². The van der Waals surface area contributed by atoms with Crippen LogP contribution in [0.5, 0.6) is 0 Å². The van der Waals surface area contributed by atoms with Crippen LogP contribution in [0, 0.1) is 16.7 Å². The van der Waals surface area contributed by atoms with Gasteiger partial charge in [0.25, 0.3) is 0 Å². The summed E-state index contributed by atoms with van der Waals surface area (Å²) in [6.45, 7) is 19.1. The number of hydrogen-bond donors (Lipinski definition) is 0. The topological polar surface area (TPSA) is 0 Å². The van der Waals surface area contributed by atoms with E-state index < -0.39 is 20.0 Å². The first kappa shape index (κ1) is 17.6. The summed E-state index contributed by atoms with van der Waals surface area (Å²) in [5.74, 6) is 0.701. The van der Waals surface area contributed by atoms with Crippen LogP contribution in [0.25, 0.3) is 0 Å². The molecule has 1 heteroatoms. The number of allylic oxidation sites excluding steroid dienone is 8. The Morgan fingerprint density at radius 3 is 1.96 bits per heavy atom. The summed E-state index contributed by atoms with van der Waals surface area (Å²) in [4.78, 5) is 0. The predicted octanol–water partition coefficient (Wildman–Crippen LogP) is 7.15. The van der Waals surface area contributed by atoms with Crippen molar-refractivity contribution in [2.45, 2.75) is 70.2 Å². The van der Waals surface area contributed by atoms with Crippen LogP contribution < -0.4 is 0 Å². The molecule has 1 aliphatic heterocycles. The molecule has 0 spiro atoms. The van der Waals surface area contributed by atoms with Gasteiger partial charge in [-0.2, -0.15) is 0 Å². The Morgan fingerprint density at radius 2 is 1.57 bits per heavy atom. The van der Waals surface area contributed by atoms with Crippen LogP contribution >= 0.6 is 0 Å². The van der Waals surface area contributed by atoms with E-state index in [-0.39, 0.29) is 0 Å². The van der Waals surface area contributed by atoms with Crippen LogP contribution in [0.2, 0.25) is 8.35 Å². The molecular formula is C22H34Hf. The predicted molar refractivity (Wildman–Crippen MR) is 99.3 cm³/mol. The summed E-state index contributed by atoms with van der Waals surface area (Å²) < 4.78 is 7.02. The zero-order chi connectivity index (χ0) is 17.2. The van der Waals surface area contributed by atoms with E-state index in [4.69, 9.17) is 0 Å². The summed E-state index contributed by atoms with van der Waals surface area (Å²) in [5.41, 5.74) is 5.54. The second-order valence-corrected chi connectivity index (χ2v) is 25.7. The van der Waals surface area contributed by atoms with Gasteiger partial charge in [-0.1, -0.05) is 0 Å². The summed E-state index contributed by atoms with van der Waals surface area (Å²) in [6, 6.07) is 0. The molecule has 0 bridgehead atoms. The van der Waals surface area contributed by atoms with Gasteiger partial charge in [0.05, 0.1) is 0 Å². The molecule has 0 aromatic heterocycles. The number of rotatable bonds is 2. The van der Waals surface area contributed by atoms with Gasteiger partial charge in [0, 0.05) is 0 Å². The van der Waals surface area contributed by atoms with Gasteiger partial charge in [0.2, 0.25) is 0 Å². The van der Waals surface area contributed by atoms with Crippen molar-refractivity contribution in [1.82, 2.24) is 0 Å². The van der Waals surface area contributed by atoms with Gasteiger partial charge in [0.1, 0.15) is 0 Å². The Hall–Kier alpha value is -0.170. The minimum atomic E-state index is -2.34. The van der Waals surface area contributed by atoms with Crippen molar-refractivity contribution in [2.75, 3.05) is 0 Å². The van der Waals surface area contributed by atoms with E-state index in [1.807, 2.05) is 6.66 Å². The molecule has 1 heterocycles. The van der Waals surface area contributed by atoms with Gasteiger partial charge in [-0.3, -0.25) is 0 Å². The minimum absolute atomic E-state index is 0.299.